The van der Waals surface area contributed by atoms with Gasteiger partial charge in [0.1, 0.15) is 11.5 Å². The zero-order chi connectivity index (χ0) is 25.9. The zero-order valence-electron chi connectivity index (χ0n) is 21.3. The average molecular weight is 528 g/mol. The molecule has 186 valence electrons. The number of allylic oxidation sites excluding steroid dienone is 2. The Morgan fingerprint density at radius 1 is 0.700 bits per heavy atom. The molecule has 0 amide bonds. The number of fused-ring (bicyclic) bond motifs is 11. The van der Waals surface area contributed by atoms with Gasteiger partial charge in [0.15, 0.2) is 0 Å². The minimum atomic E-state index is 0.0798. The van der Waals surface area contributed by atoms with Gasteiger partial charge in [-0.15, -0.1) is 11.3 Å². The standard InChI is InChI=1S/C36H21N3S/c1-2-10-22-20(8-1)9-7-12-23(22)21-16-27-25-18-26-24-11-3-6-15-32(24)40-33(26)19-31(25)39-35(27)28(17-21)34-36(39)38-30-14-5-4-13-29(30)37-34/h1-19,30,38H. The number of nitrogens with zero attached hydrogens (tertiary/aromatic N) is 2. The quantitative estimate of drug-likeness (QED) is 0.226. The van der Waals surface area contributed by atoms with Gasteiger partial charge in [0.2, 0.25) is 0 Å². The van der Waals surface area contributed by atoms with Crippen molar-refractivity contribution >= 4 is 86.7 Å². The van der Waals surface area contributed by atoms with Gasteiger partial charge in [0.05, 0.1) is 22.8 Å². The van der Waals surface area contributed by atoms with E-state index in [-0.39, 0.29) is 6.04 Å². The number of anilines is 1. The minimum absolute atomic E-state index is 0.0798. The Morgan fingerprint density at radius 2 is 1.55 bits per heavy atom. The Hall–Kier alpha value is -4.93. The number of aromatic nitrogens is 1. The highest BCUT2D eigenvalue weighted by molar-refractivity contribution is 7.25. The smallest absolute Gasteiger partial charge is 0.138 e. The predicted octanol–water partition coefficient (Wildman–Crippen LogP) is 9.86. The lowest BCUT2D eigenvalue weighted by Crippen LogP contribution is -2.30. The second-order valence-electron chi connectivity index (χ2n) is 10.8. The largest absolute Gasteiger partial charge is 0.357 e. The van der Waals surface area contributed by atoms with Gasteiger partial charge in [-0.3, -0.25) is 4.40 Å². The summed E-state index contributed by atoms with van der Waals surface area (Å²) >= 11 is 1.87. The first-order valence-electron chi connectivity index (χ1n) is 13.7. The van der Waals surface area contributed by atoms with Gasteiger partial charge in [-0.1, -0.05) is 78.9 Å². The van der Waals surface area contributed by atoms with E-state index in [9.17, 15) is 0 Å². The SMILES string of the molecule is C1=CC2=Nc3c(n4c5cc6sc7ccccc7c6cc5c5cc(-c6cccc7ccccc67)cc3c54)NC2C=C1. The van der Waals surface area contributed by atoms with Crippen molar-refractivity contribution in [1.82, 2.24) is 4.40 Å². The van der Waals surface area contributed by atoms with E-state index in [1.165, 1.54) is 69.3 Å². The Morgan fingerprint density at radius 3 is 2.52 bits per heavy atom. The number of thiophene rings is 1. The van der Waals surface area contributed by atoms with E-state index in [1.54, 1.807) is 0 Å². The highest BCUT2D eigenvalue weighted by Gasteiger charge is 2.29. The van der Waals surface area contributed by atoms with Gasteiger partial charge in [-0.2, -0.15) is 0 Å². The summed E-state index contributed by atoms with van der Waals surface area (Å²) in [7, 11) is 0. The van der Waals surface area contributed by atoms with Crippen LogP contribution in [-0.4, -0.2) is 16.2 Å². The Bertz CT molecular complexity index is 2460. The van der Waals surface area contributed by atoms with Crippen LogP contribution in [0.15, 0.2) is 120 Å². The Labute approximate surface area is 233 Å². The lowest BCUT2D eigenvalue weighted by molar-refractivity contribution is 1.09. The molecule has 1 unspecified atom stereocenters. The molecule has 3 nitrogen and oxygen atoms in total. The van der Waals surface area contributed by atoms with Crippen molar-refractivity contribution in [3.63, 3.8) is 0 Å². The van der Waals surface area contributed by atoms with Crippen molar-refractivity contribution in [2.24, 2.45) is 4.99 Å². The average Bonchev–Trinajstić information content (AvgIpc) is 3.64. The molecule has 1 aliphatic heterocycles. The van der Waals surface area contributed by atoms with Crippen LogP contribution in [-0.2, 0) is 0 Å². The van der Waals surface area contributed by atoms with Crippen molar-refractivity contribution in [1.29, 1.82) is 0 Å². The molecule has 0 radical (unpaired) electrons. The lowest BCUT2D eigenvalue weighted by atomic mass is 9.95. The molecule has 0 saturated carbocycles. The molecule has 0 bridgehead atoms. The number of rotatable bonds is 1. The number of hydrogen-bond donors (Lipinski definition) is 1. The second kappa shape index (κ2) is 7.38. The third kappa shape index (κ3) is 2.61. The summed E-state index contributed by atoms with van der Waals surface area (Å²) in [6, 6.07) is 33.7. The van der Waals surface area contributed by atoms with Crippen LogP contribution in [0.5, 0.6) is 0 Å². The molecule has 4 heteroatoms. The summed E-state index contributed by atoms with van der Waals surface area (Å²) in [6.07, 6.45) is 8.50. The molecule has 10 rings (SSSR count). The molecule has 40 heavy (non-hydrogen) atoms. The molecule has 8 aromatic rings. The maximum absolute atomic E-state index is 5.26. The molecule has 0 saturated heterocycles. The van der Waals surface area contributed by atoms with E-state index >= 15 is 0 Å². The van der Waals surface area contributed by atoms with E-state index in [4.69, 9.17) is 4.99 Å². The Kier molecular flexibility index (Phi) is 3.87. The number of hydrogen-bond acceptors (Lipinski definition) is 3. The third-order valence-corrected chi connectivity index (χ3v) is 9.83. The molecular weight excluding hydrogens is 506 g/mol. The van der Waals surface area contributed by atoms with Crippen LogP contribution < -0.4 is 5.32 Å². The van der Waals surface area contributed by atoms with Crippen LogP contribution in [0.25, 0.3) is 69.3 Å². The monoisotopic (exact) mass is 527 g/mol. The number of aliphatic imine (C=N–C) groups is 1. The van der Waals surface area contributed by atoms with Crippen LogP contribution in [0.4, 0.5) is 11.5 Å². The third-order valence-electron chi connectivity index (χ3n) is 8.70. The molecule has 2 aliphatic rings. The van der Waals surface area contributed by atoms with E-state index in [0.29, 0.717) is 0 Å². The topological polar surface area (TPSA) is 28.8 Å². The lowest BCUT2D eigenvalue weighted by Gasteiger charge is -2.23. The fourth-order valence-corrected chi connectivity index (χ4v) is 8.05. The molecule has 1 aliphatic carbocycles. The first-order valence-corrected chi connectivity index (χ1v) is 14.5. The van der Waals surface area contributed by atoms with Crippen molar-refractivity contribution < 1.29 is 0 Å². The van der Waals surface area contributed by atoms with Crippen molar-refractivity contribution in [2.75, 3.05) is 5.32 Å². The molecule has 1 N–H and O–H groups in total. The number of nitrogens with one attached hydrogen (secondary N) is 1. The van der Waals surface area contributed by atoms with Gasteiger partial charge >= 0.3 is 0 Å². The summed E-state index contributed by atoms with van der Waals surface area (Å²) in [5.41, 5.74) is 7.05. The second-order valence-corrected chi connectivity index (χ2v) is 11.9. The zero-order valence-corrected chi connectivity index (χ0v) is 22.2. The van der Waals surface area contributed by atoms with E-state index in [0.717, 1.165) is 17.2 Å². The van der Waals surface area contributed by atoms with Crippen LogP contribution >= 0.6 is 11.3 Å². The fraction of sp³-hybridized carbons (Fsp3) is 0.0278. The Balaban J connectivity index is 1.39. The van der Waals surface area contributed by atoms with Crippen LogP contribution in [0.2, 0.25) is 0 Å². The maximum atomic E-state index is 5.26. The maximum Gasteiger partial charge on any atom is 0.138 e. The van der Waals surface area contributed by atoms with E-state index < -0.39 is 0 Å². The molecular formula is C36H21N3S. The van der Waals surface area contributed by atoms with Crippen LogP contribution in [0.3, 0.4) is 0 Å². The summed E-state index contributed by atoms with van der Waals surface area (Å²) < 4.78 is 5.08. The van der Waals surface area contributed by atoms with Crippen LogP contribution in [0.1, 0.15) is 0 Å². The van der Waals surface area contributed by atoms with Crippen LogP contribution in [0, 0.1) is 0 Å². The van der Waals surface area contributed by atoms with Crippen molar-refractivity contribution in [3.05, 3.63) is 115 Å². The first kappa shape index (κ1) is 21.0. The van der Waals surface area contributed by atoms with Gasteiger partial charge in [-0.25, -0.2) is 4.99 Å². The summed E-state index contributed by atoms with van der Waals surface area (Å²) in [4.78, 5) is 5.26. The van der Waals surface area contributed by atoms with Gasteiger partial charge in [0, 0.05) is 36.3 Å². The summed E-state index contributed by atoms with van der Waals surface area (Å²) in [5, 5.41) is 12.8. The van der Waals surface area contributed by atoms with Crippen molar-refractivity contribution in [3.8, 4) is 11.1 Å². The molecule has 4 heterocycles. The molecule has 0 fully saturated rings. The van der Waals surface area contributed by atoms with Gasteiger partial charge < -0.3 is 5.32 Å². The summed E-state index contributed by atoms with van der Waals surface area (Å²) in [5.74, 6) is 1.08. The normalized spacial score (nSPS) is 16.4. The molecule has 5 aromatic carbocycles. The molecule has 3 aromatic heterocycles. The highest BCUT2D eigenvalue weighted by atomic mass is 32.1. The molecule has 0 spiro atoms. The fourth-order valence-electron chi connectivity index (χ4n) is 6.92. The number of benzene rings is 5. The first-order chi connectivity index (χ1) is 19.8. The highest BCUT2D eigenvalue weighted by Crippen LogP contribution is 2.50. The van der Waals surface area contributed by atoms with Gasteiger partial charge in [0.25, 0.3) is 0 Å². The molecule has 1 atom stereocenters. The minimum Gasteiger partial charge on any atom is -0.357 e. The van der Waals surface area contributed by atoms with E-state index in [2.05, 4.69) is 125 Å². The van der Waals surface area contributed by atoms with Crippen molar-refractivity contribution in [2.45, 2.75) is 6.04 Å². The summed E-state index contributed by atoms with van der Waals surface area (Å²) in [6.45, 7) is 0. The predicted molar refractivity (Wildman–Crippen MR) is 172 cm³/mol. The van der Waals surface area contributed by atoms with Gasteiger partial charge in [-0.05, 0) is 58.3 Å². The van der Waals surface area contributed by atoms with E-state index in [1.807, 2.05) is 11.3 Å².